The maximum Gasteiger partial charge on any atom is 0.270 e. The first-order chi connectivity index (χ1) is 16.4. The lowest BCUT2D eigenvalue weighted by Gasteiger charge is -2.35. The van der Waals surface area contributed by atoms with Gasteiger partial charge in [-0.1, -0.05) is 66.7 Å². The summed E-state index contributed by atoms with van der Waals surface area (Å²) in [4.78, 5) is 40.0. The first-order valence-corrected chi connectivity index (χ1v) is 11.1. The number of amides is 1. The summed E-state index contributed by atoms with van der Waals surface area (Å²) in [6.07, 6.45) is 3.04. The average molecular weight is 453 g/mol. The van der Waals surface area contributed by atoms with E-state index in [1.54, 1.807) is 18.2 Å². The third-order valence-corrected chi connectivity index (χ3v) is 6.91. The van der Waals surface area contributed by atoms with E-state index in [9.17, 15) is 19.7 Å². The van der Waals surface area contributed by atoms with Gasteiger partial charge in [-0.3, -0.25) is 24.6 Å². The Labute approximate surface area is 196 Å². The normalized spacial score (nSPS) is 23.9. The van der Waals surface area contributed by atoms with Crippen molar-refractivity contribution in [1.29, 1.82) is 0 Å². The van der Waals surface area contributed by atoms with Crippen molar-refractivity contribution >= 4 is 29.1 Å². The predicted octanol–water partition coefficient (Wildman–Crippen LogP) is 4.37. The number of allylic oxidation sites excluding steroid dienone is 1. The van der Waals surface area contributed by atoms with E-state index >= 15 is 0 Å². The van der Waals surface area contributed by atoms with Crippen LogP contribution in [0.15, 0.2) is 84.9 Å². The lowest BCUT2D eigenvalue weighted by atomic mass is 9.71. The van der Waals surface area contributed by atoms with Crippen molar-refractivity contribution in [2.24, 2.45) is 5.92 Å². The van der Waals surface area contributed by atoms with Crippen LogP contribution in [0.1, 0.15) is 22.6 Å². The van der Waals surface area contributed by atoms with Crippen LogP contribution in [0.2, 0.25) is 0 Å². The van der Waals surface area contributed by atoms with Gasteiger partial charge in [-0.2, -0.15) is 0 Å². The molecule has 7 heteroatoms. The van der Waals surface area contributed by atoms with Crippen molar-refractivity contribution in [3.05, 3.63) is 112 Å². The standard InChI is InChI=1S/C27H23N3O4/c1-29-17-21(19-9-3-2-4-10-19)25(27(29)22-12-5-6-13-23(22)28-26(27)32)24(31)15-14-18-8-7-11-20(16-18)30(33)34/h2-16,21,25H,17H2,1H3,(H,28,32). The topological polar surface area (TPSA) is 92.6 Å². The van der Waals surface area contributed by atoms with Crippen molar-refractivity contribution in [3.8, 4) is 0 Å². The summed E-state index contributed by atoms with van der Waals surface area (Å²) in [5, 5.41) is 14.1. The molecule has 2 heterocycles. The summed E-state index contributed by atoms with van der Waals surface area (Å²) in [6, 6.07) is 23.4. The molecule has 170 valence electrons. The van der Waals surface area contributed by atoms with Gasteiger partial charge in [0, 0.05) is 35.8 Å². The third-order valence-electron chi connectivity index (χ3n) is 6.91. The summed E-state index contributed by atoms with van der Waals surface area (Å²) in [5.41, 5.74) is 1.87. The largest absolute Gasteiger partial charge is 0.324 e. The molecule has 2 aliphatic heterocycles. The number of hydrogen-bond donors (Lipinski definition) is 1. The monoisotopic (exact) mass is 453 g/mol. The summed E-state index contributed by atoms with van der Waals surface area (Å²) in [6.45, 7) is 0.535. The molecule has 0 radical (unpaired) electrons. The number of nitrogens with zero attached hydrogens (tertiary/aromatic N) is 2. The van der Waals surface area contributed by atoms with E-state index in [-0.39, 0.29) is 23.3 Å². The van der Waals surface area contributed by atoms with Crippen LogP contribution in [0.5, 0.6) is 0 Å². The van der Waals surface area contributed by atoms with Crippen LogP contribution in [0, 0.1) is 16.0 Å². The molecule has 3 unspecified atom stereocenters. The summed E-state index contributed by atoms with van der Waals surface area (Å²) >= 11 is 0. The van der Waals surface area contributed by atoms with E-state index in [0.29, 0.717) is 17.8 Å². The molecule has 7 nitrogen and oxygen atoms in total. The Balaban J connectivity index is 1.61. The highest BCUT2D eigenvalue weighted by Crippen LogP contribution is 2.55. The van der Waals surface area contributed by atoms with Gasteiger partial charge < -0.3 is 5.32 Å². The van der Waals surface area contributed by atoms with Gasteiger partial charge in [0.05, 0.1) is 10.8 Å². The van der Waals surface area contributed by atoms with E-state index in [2.05, 4.69) is 5.32 Å². The number of carbonyl (C=O) groups is 2. The number of fused-ring (bicyclic) bond motifs is 2. The quantitative estimate of drug-likeness (QED) is 0.352. The van der Waals surface area contributed by atoms with E-state index in [1.807, 2.05) is 66.5 Å². The number of rotatable bonds is 5. The summed E-state index contributed by atoms with van der Waals surface area (Å²) in [5.74, 6) is -1.28. The van der Waals surface area contributed by atoms with Gasteiger partial charge >= 0.3 is 0 Å². The number of nitro benzene ring substituents is 1. The maximum absolute atomic E-state index is 13.9. The number of benzene rings is 3. The fourth-order valence-electron chi connectivity index (χ4n) is 5.45. The van der Waals surface area contributed by atoms with Crippen molar-refractivity contribution < 1.29 is 14.5 Å². The number of likely N-dealkylation sites (N-methyl/N-ethyl adjacent to an activating group) is 1. The number of likely N-dealkylation sites (tertiary alicyclic amines) is 1. The number of non-ortho nitro benzene ring substituents is 1. The van der Waals surface area contributed by atoms with Gasteiger partial charge in [0.15, 0.2) is 5.78 Å². The van der Waals surface area contributed by atoms with Gasteiger partial charge in [-0.15, -0.1) is 0 Å². The summed E-state index contributed by atoms with van der Waals surface area (Å²) < 4.78 is 0. The SMILES string of the molecule is CN1CC(c2ccccc2)C(C(=O)C=Cc2cccc([N+](=O)[O-])c2)C12C(=O)Nc1ccccc12. The Morgan fingerprint density at radius 3 is 2.59 bits per heavy atom. The predicted molar refractivity (Wildman–Crippen MR) is 129 cm³/mol. The lowest BCUT2D eigenvalue weighted by Crippen LogP contribution is -2.51. The highest BCUT2D eigenvalue weighted by atomic mass is 16.6. The minimum absolute atomic E-state index is 0.0436. The molecule has 1 amide bonds. The van der Waals surface area contributed by atoms with Crippen LogP contribution in [-0.2, 0) is 15.1 Å². The number of ketones is 1. The van der Waals surface area contributed by atoms with Gasteiger partial charge in [-0.25, -0.2) is 0 Å². The van der Waals surface area contributed by atoms with Crippen LogP contribution < -0.4 is 5.32 Å². The molecule has 0 bridgehead atoms. The molecule has 3 aromatic carbocycles. The molecule has 1 N–H and O–H groups in total. The molecule has 0 aliphatic carbocycles. The van der Waals surface area contributed by atoms with Gasteiger partial charge in [-0.05, 0) is 30.3 Å². The number of carbonyl (C=O) groups excluding carboxylic acids is 2. The van der Waals surface area contributed by atoms with Crippen LogP contribution in [0.4, 0.5) is 11.4 Å². The molecular weight excluding hydrogens is 430 g/mol. The van der Waals surface area contributed by atoms with E-state index < -0.39 is 16.4 Å². The fraction of sp³-hybridized carbons (Fsp3) is 0.185. The van der Waals surface area contributed by atoms with E-state index in [1.165, 1.54) is 18.2 Å². The summed E-state index contributed by atoms with van der Waals surface area (Å²) in [7, 11) is 1.88. The van der Waals surface area contributed by atoms with Crippen LogP contribution in [0.25, 0.3) is 6.08 Å². The second kappa shape index (κ2) is 8.35. The molecule has 34 heavy (non-hydrogen) atoms. The molecule has 1 saturated heterocycles. The minimum atomic E-state index is -1.14. The molecular formula is C27H23N3O4. The van der Waals surface area contributed by atoms with Gasteiger partial charge in [0.2, 0.25) is 5.91 Å². The molecule has 1 spiro atoms. The average Bonchev–Trinajstić information content (AvgIpc) is 3.33. The van der Waals surface area contributed by atoms with Gasteiger partial charge in [0.25, 0.3) is 5.69 Å². The number of para-hydroxylation sites is 1. The molecule has 1 fully saturated rings. The Bertz CT molecular complexity index is 1320. The number of anilines is 1. The fourth-order valence-corrected chi connectivity index (χ4v) is 5.45. The zero-order valence-corrected chi connectivity index (χ0v) is 18.5. The smallest absolute Gasteiger partial charge is 0.270 e. The van der Waals surface area contributed by atoms with Crippen molar-refractivity contribution in [3.63, 3.8) is 0 Å². The highest BCUT2D eigenvalue weighted by Gasteiger charge is 2.63. The molecule has 0 saturated carbocycles. The number of nitrogens with one attached hydrogen (secondary N) is 1. The third kappa shape index (κ3) is 3.33. The molecule has 3 aromatic rings. The zero-order valence-electron chi connectivity index (χ0n) is 18.5. The van der Waals surface area contributed by atoms with Crippen molar-refractivity contribution in [2.75, 3.05) is 18.9 Å². The van der Waals surface area contributed by atoms with E-state index in [0.717, 1.165) is 11.1 Å². The minimum Gasteiger partial charge on any atom is -0.324 e. The molecule has 0 aromatic heterocycles. The highest BCUT2D eigenvalue weighted by molar-refractivity contribution is 6.11. The Morgan fingerprint density at radius 2 is 1.82 bits per heavy atom. The number of hydrogen-bond acceptors (Lipinski definition) is 5. The van der Waals surface area contributed by atoms with Crippen LogP contribution in [-0.4, -0.2) is 35.1 Å². The Morgan fingerprint density at radius 1 is 1.09 bits per heavy atom. The Kier molecular flexibility index (Phi) is 5.34. The van der Waals surface area contributed by atoms with Gasteiger partial charge in [0.1, 0.15) is 5.54 Å². The lowest BCUT2D eigenvalue weighted by molar-refractivity contribution is -0.384. The van der Waals surface area contributed by atoms with E-state index in [4.69, 9.17) is 0 Å². The zero-order chi connectivity index (χ0) is 23.9. The second-order valence-corrected chi connectivity index (χ2v) is 8.73. The molecule has 3 atom stereocenters. The van der Waals surface area contributed by atoms with Crippen LogP contribution >= 0.6 is 0 Å². The second-order valence-electron chi connectivity index (χ2n) is 8.73. The Hall–Kier alpha value is -4.10. The van der Waals surface area contributed by atoms with Crippen molar-refractivity contribution in [2.45, 2.75) is 11.5 Å². The molecule has 5 rings (SSSR count). The molecule has 2 aliphatic rings. The first kappa shape index (κ1) is 21.7. The first-order valence-electron chi connectivity index (χ1n) is 11.1. The van der Waals surface area contributed by atoms with Crippen LogP contribution in [0.3, 0.4) is 0 Å². The maximum atomic E-state index is 13.9. The van der Waals surface area contributed by atoms with Crippen molar-refractivity contribution in [1.82, 2.24) is 4.90 Å². The number of nitro groups is 1.